The van der Waals surface area contributed by atoms with Crippen LogP contribution in [0.2, 0.25) is 0 Å². The van der Waals surface area contributed by atoms with Gasteiger partial charge in [0.2, 0.25) is 0 Å². The van der Waals surface area contributed by atoms with Gasteiger partial charge in [-0.25, -0.2) is 4.79 Å². The number of hydrogen-bond donors (Lipinski definition) is 3. The van der Waals surface area contributed by atoms with Crippen LogP contribution >= 0.6 is 0 Å². The van der Waals surface area contributed by atoms with Gasteiger partial charge in [0, 0.05) is 18.7 Å². The average Bonchev–Trinajstić information content (AvgIpc) is 3.20. The highest BCUT2D eigenvalue weighted by Crippen LogP contribution is 2.38. The smallest absolute Gasteiger partial charge is 0.317 e. The van der Waals surface area contributed by atoms with Gasteiger partial charge in [-0.2, -0.15) is 0 Å². The van der Waals surface area contributed by atoms with E-state index in [9.17, 15) is 9.59 Å². The van der Waals surface area contributed by atoms with Gasteiger partial charge in [-0.3, -0.25) is 9.69 Å². The summed E-state index contributed by atoms with van der Waals surface area (Å²) in [5.41, 5.74) is 0. The number of carboxylic acid groups (broad SMARTS) is 1. The van der Waals surface area contributed by atoms with Crippen LogP contribution in [0.15, 0.2) is 0 Å². The fraction of sp³-hybridized carbons (Fsp3) is 0.875. The number of hydrogen-bond acceptors (Lipinski definition) is 4. The van der Waals surface area contributed by atoms with Crippen molar-refractivity contribution in [3.63, 3.8) is 0 Å². The topological polar surface area (TPSA) is 90.9 Å². The van der Waals surface area contributed by atoms with Crippen molar-refractivity contribution in [2.75, 3.05) is 19.7 Å². The second-order valence-corrected chi connectivity index (χ2v) is 6.96. The molecule has 0 aromatic heterocycles. The molecule has 3 aliphatic rings. The van der Waals surface area contributed by atoms with E-state index in [4.69, 9.17) is 9.84 Å². The average molecular weight is 325 g/mol. The van der Waals surface area contributed by atoms with E-state index in [0.29, 0.717) is 5.92 Å². The molecule has 0 aromatic rings. The second-order valence-electron chi connectivity index (χ2n) is 6.96. The van der Waals surface area contributed by atoms with E-state index in [2.05, 4.69) is 10.6 Å². The van der Waals surface area contributed by atoms with Crippen molar-refractivity contribution in [2.45, 2.75) is 63.3 Å². The third-order valence-corrected chi connectivity index (χ3v) is 5.25. The summed E-state index contributed by atoms with van der Waals surface area (Å²) in [6.45, 7) is 3.49. The van der Waals surface area contributed by atoms with Gasteiger partial charge in [-0.1, -0.05) is 6.92 Å². The Morgan fingerprint density at radius 1 is 1.22 bits per heavy atom. The minimum Gasteiger partial charge on any atom is -0.480 e. The van der Waals surface area contributed by atoms with Gasteiger partial charge in [0.1, 0.15) is 0 Å². The summed E-state index contributed by atoms with van der Waals surface area (Å²) in [5, 5.41) is 15.0. The van der Waals surface area contributed by atoms with Crippen molar-refractivity contribution in [1.29, 1.82) is 0 Å². The first-order valence-electron chi connectivity index (χ1n) is 8.71. The molecule has 3 fully saturated rings. The fourth-order valence-electron chi connectivity index (χ4n) is 3.73. The molecular weight excluding hydrogens is 298 g/mol. The second kappa shape index (κ2) is 7.05. The lowest BCUT2D eigenvalue weighted by Gasteiger charge is -2.42. The van der Waals surface area contributed by atoms with Crippen LogP contribution in [0.5, 0.6) is 0 Å². The molecule has 2 unspecified atom stereocenters. The first-order chi connectivity index (χ1) is 11.1. The number of carbonyl (C=O) groups is 2. The number of urea groups is 1. The Morgan fingerprint density at radius 3 is 2.57 bits per heavy atom. The van der Waals surface area contributed by atoms with Crippen LogP contribution in [0.1, 0.15) is 39.0 Å². The number of amides is 2. The lowest BCUT2D eigenvalue weighted by atomic mass is 9.85. The van der Waals surface area contributed by atoms with Crippen LogP contribution in [0, 0.1) is 5.92 Å². The molecule has 1 aliphatic heterocycles. The number of carbonyl (C=O) groups excluding carboxylic acids is 1. The zero-order valence-corrected chi connectivity index (χ0v) is 13.7. The molecule has 1 heterocycles. The Bertz CT molecular complexity index is 449. The van der Waals surface area contributed by atoms with E-state index in [-0.39, 0.29) is 36.8 Å². The Morgan fingerprint density at radius 2 is 1.96 bits per heavy atom. The van der Waals surface area contributed by atoms with Crippen molar-refractivity contribution >= 4 is 12.0 Å². The molecule has 1 saturated heterocycles. The maximum absolute atomic E-state index is 12.1. The summed E-state index contributed by atoms with van der Waals surface area (Å²) in [6.07, 6.45) is 5.16. The maximum atomic E-state index is 12.1. The number of ether oxygens (including phenoxy) is 1. The van der Waals surface area contributed by atoms with E-state index in [1.807, 2.05) is 11.8 Å². The summed E-state index contributed by atoms with van der Waals surface area (Å²) in [4.78, 5) is 24.9. The highest BCUT2D eigenvalue weighted by molar-refractivity contribution is 5.75. The SMILES string of the molecule is CCN(CC(=O)O)C1CC(NC(=O)NC2CCOC2C2CC2)C1. The molecule has 2 amide bonds. The largest absolute Gasteiger partial charge is 0.480 e. The monoisotopic (exact) mass is 325 g/mol. The number of aliphatic carboxylic acids is 1. The minimum absolute atomic E-state index is 0.0720. The van der Waals surface area contributed by atoms with Gasteiger partial charge >= 0.3 is 12.0 Å². The van der Waals surface area contributed by atoms with Crippen LogP contribution in [-0.4, -0.2) is 65.9 Å². The number of nitrogens with zero attached hydrogens (tertiary/aromatic N) is 1. The lowest BCUT2D eigenvalue weighted by molar-refractivity contribution is -0.139. The standard InChI is InChI=1S/C16H27N3O4/c1-2-19(9-14(20)21)12-7-11(8-12)17-16(22)18-13-5-6-23-15(13)10-3-4-10/h10-13,15H,2-9H2,1H3,(H,20,21)(H2,17,18,22). The van der Waals surface area contributed by atoms with Crippen LogP contribution in [-0.2, 0) is 9.53 Å². The summed E-state index contributed by atoms with van der Waals surface area (Å²) in [7, 11) is 0. The quantitative estimate of drug-likeness (QED) is 0.644. The number of nitrogens with one attached hydrogen (secondary N) is 2. The molecule has 0 aromatic carbocycles. The van der Waals surface area contributed by atoms with Crippen LogP contribution < -0.4 is 10.6 Å². The van der Waals surface area contributed by atoms with Crippen molar-refractivity contribution in [2.24, 2.45) is 5.92 Å². The molecule has 3 rings (SSSR count). The summed E-state index contributed by atoms with van der Waals surface area (Å²) in [5.74, 6) is -0.168. The zero-order valence-electron chi connectivity index (χ0n) is 13.7. The van der Waals surface area contributed by atoms with Crippen LogP contribution in [0.3, 0.4) is 0 Å². The van der Waals surface area contributed by atoms with Gasteiger partial charge in [-0.05, 0) is 44.6 Å². The predicted molar refractivity (Wildman–Crippen MR) is 84.2 cm³/mol. The minimum atomic E-state index is -0.798. The summed E-state index contributed by atoms with van der Waals surface area (Å²) < 4.78 is 5.73. The molecular formula is C16H27N3O4. The first-order valence-corrected chi connectivity index (χ1v) is 8.71. The molecule has 23 heavy (non-hydrogen) atoms. The highest BCUT2D eigenvalue weighted by atomic mass is 16.5. The third kappa shape index (κ3) is 4.14. The van der Waals surface area contributed by atoms with Crippen molar-refractivity contribution in [1.82, 2.24) is 15.5 Å². The van der Waals surface area contributed by atoms with E-state index in [1.54, 1.807) is 0 Å². The fourth-order valence-corrected chi connectivity index (χ4v) is 3.73. The molecule has 0 radical (unpaired) electrons. The molecule has 0 spiro atoms. The van der Waals surface area contributed by atoms with Gasteiger partial charge < -0.3 is 20.5 Å². The lowest BCUT2D eigenvalue weighted by Crippen LogP contribution is -2.57. The molecule has 2 aliphatic carbocycles. The zero-order chi connectivity index (χ0) is 16.4. The summed E-state index contributed by atoms with van der Waals surface area (Å²) >= 11 is 0. The van der Waals surface area contributed by atoms with Gasteiger partial charge in [0.05, 0.1) is 18.7 Å². The molecule has 3 N–H and O–H groups in total. The molecule has 0 bridgehead atoms. The Labute approximate surface area is 136 Å². The summed E-state index contributed by atoms with van der Waals surface area (Å²) in [6, 6.07) is 0.424. The maximum Gasteiger partial charge on any atom is 0.317 e. The van der Waals surface area contributed by atoms with Crippen molar-refractivity contribution < 1.29 is 19.4 Å². The van der Waals surface area contributed by atoms with Crippen molar-refractivity contribution in [3.05, 3.63) is 0 Å². The Hall–Kier alpha value is -1.34. The Balaban J connectivity index is 1.37. The van der Waals surface area contributed by atoms with Gasteiger partial charge in [0.15, 0.2) is 0 Å². The molecule has 7 heteroatoms. The van der Waals surface area contributed by atoms with Crippen LogP contribution in [0.4, 0.5) is 4.79 Å². The van der Waals surface area contributed by atoms with Crippen molar-refractivity contribution in [3.8, 4) is 0 Å². The van der Waals surface area contributed by atoms with E-state index < -0.39 is 5.97 Å². The first kappa shape index (κ1) is 16.5. The molecule has 2 saturated carbocycles. The van der Waals surface area contributed by atoms with Crippen LogP contribution in [0.25, 0.3) is 0 Å². The van der Waals surface area contributed by atoms with Gasteiger partial charge in [0.25, 0.3) is 0 Å². The molecule has 2 atom stereocenters. The number of likely N-dealkylation sites (N-methyl/N-ethyl adjacent to an activating group) is 1. The molecule has 130 valence electrons. The Kier molecular flexibility index (Phi) is 5.06. The number of carboxylic acids is 1. The van der Waals surface area contributed by atoms with E-state index >= 15 is 0 Å². The number of rotatable bonds is 7. The normalized spacial score (nSPS) is 33.3. The third-order valence-electron chi connectivity index (χ3n) is 5.25. The van der Waals surface area contributed by atoms with Gasteiger partial charge in [-0.15, -0.1) is 0 Å². The highest BCUT2D eigenvalue weighted by Gasteiger charge is 2.41. The predicted octanol–water partition coefficient (Wildman–Crippen LogP) is 0.791. The van der Waals surface area contributed by atoms with E-state index in [0.717, 1.165) is 32.4 Å². The molecule has 7 nitrogen and oxygen atoms in total. The van der Waals surface area contributed by atoms with E-state index in [1.165, 1.54) is 12.8 Å².